The number of ether oxygens (including phenoxy) is 2. The Morgan fingerprint density at radius 2 is 2.10 bits per heavy atom. The zero-order valence-electron chi connectivity index (χ0n) is 23.7. The number of nitrogens with zero attached hydrogens (tertiary/aromatic N) is 4. The summed E-state index contributed by atoms with van der Waals surface area (Å²) in [7, 11) is 6.60. The molecule has 3 rings (SSSR count). The number of likely N-dealkylation sites (N-methyl/N-ethyl adjacent to an activating group) is 1. The first-order valence-electron chi connectivity index (χ1n) is 12.8. The second kappa shape index (κ2) is 14.5. The molecule has 0 amide bonds. The number of aliphatic hydroxyl groups excluding tert-OH is 2. The van der Waals surface area contributed by atoms with E-state index >= 15 is 0 Å². The largest absolute Gasteiger partial charge is 0.466 e. The molecule has 4 N–H and O–H groups in total. The highest BCUT2D eigenvalue weighted by atomic mass is 35.5. The average molecular weight is 603 g/mol. The van der Waals surface area contributed by atoms with Crippen molar-refractivity contribution in [2.45, 2.75) is 31.8 Å². The molecular formula is C28H35ClN6O5S. The molecule has 0 radical (unpaired) electrons. The molecule has 13 heteroatoms. The number of hydrogen-bond acceptors (Lipinski definition) is 10. The van der Waals surface area contributed by atoms with Crippen molar-refractivity contribution in [1.29, 1.82) is 10.7 Å². The van der Waals surface area contributed by atoms with Gasteiger partial charge in [0.15, 0.2) is 6.29 Å². The molecule has 0 bridgehead atoms. The van der Waals surface area contributed by atoms with E-state index in [1.807, 2.05) is 10.6 Å². The van der Waals surface area contributed by atoms with E-state index in [1.54, 1.807) is 33.3 Å². The van der Waals surface area contributed by atoms with Crippen molar-refractivity contribution in [3.8, 4) is 17.2 Å². The molecular weight excluding hydrogens is 568 g/mol. The van der Waals surface area contributed by atoms with Crippen LogP contribution in [-0.4, -0.2) is 69.4 Å². The van der Waals surface area contributed by atoms with Crippen molar-refractivity contribution in [2.24, 2.45) is 14.1 Å². The fourth-order valence-corrected chi connectivity index (χ4v) is 5.84. The maximum atomic E-state index is 11.2. The van der Waals surface area contributed by atoms with E-state index in [0.717, 1.165) is 10.9 Å². The summed E-state index contributed by atoms with van der Waals surface area (Å²) < 4.78 is 13.8. The van der Waals surface area contributed by atoms with Crippen LogP contribution in [0, 0.1) is 16.7 Å². The third-order valence-corrected chi connectivity index (χ3v) is 7.91. The van der Waals surface area contributed by atoms with Crippen molar-refractivity contribution in [2.75, 3.05) is 33.1 Å². The molecule has 0 saturated carbocycles. The number of aromatic nitrogens is 3. The molecule has 0 spiro atoms. The number of aliphatic hydroxyl groups is 2. The third-order valence-electron chi connectivity index (χ3n) is 6.60. The maximum absolute atomic E-state index is 11.2. The van der Waals surface area contributed by atoms with Crippen molar-refractivity contribution in [3.05, 3.63) is 51.6 Å². The Bertz CT molecular complexity index is 1500. The smallest absolute Gasteiger partial charge is 0.302 e. The number of nitrogens with one attached hydrogen (secondary N) is 2. The van der Waals surface area contributed by atoms with Crippen molar-refractivity contribution < 1.29 is 24.5 Å². The summed E-state index contributed by atoms with van der Waals surface area (Å²) >= 11 is 8.29. The summed E-state index contributed by atoms with van der Waals surface area (Å²) in [5, 5.41) is 47.2. The summed E-state index contributed by atoms with van der Waals surface area (Å²) in [4.78, 5) is 11.2. The minimum absolute atomic E-state index is 0.190. The predicted octanol–water partition coefficient (Wildman–Crippen LogP) is 3.59. The third kappa shape index (κ3) is 7.12. The van der Waals surface area contributed by atoms with Gasteiger partial charge in [-0.2, -0.15) is 10.4 Å². The minimum Gasteiger partial charge on any atom is -0.466 e. The monoisotopic (exact) mass is 602 g/mol. The molecule has 0 fully saturated rings. The summed E-state index contributed by atoms with van der Waals surface area (Å²) in [6.07, 6.45) is 1.40. The maximum Gasteiger partial charge on any atom is 0.302 e. The molecule has 0 saturated heterocycles. The Hall–Kier alpha value is -3.34. The minimum atomic E-state index is -1.22. The van der Waals surface area contributed by atoms with Crippen LogP contribution in [0.5, 0.6) is 0 Å². The van der Waals surface area contributed by atoms with Crippen LogP contribution < -0.4 is 5.32 Å². The number of esters is 1. The Labute approximate surface area is 248 Å². The molecule has 41 heavy (non-hydrogen) atoms. The van der Waals surface area contributed by atoms with Crippen molar-refractivity contribution in [3.63, 3.8) is 0 Å². The number of allylic oxidation sites excluding steroid dienone is 1. The van der Waals surface area contributed by atoms with E-state index in [2.05, 4.69) is 16.5 Å². The van der Waals surface area contributed by atoms with Gasteiger partial charge in [-0.15, -0.1) is 11.8 Å². The molecule has 2 heterocycles. The highest BCUT2D eigenvalue weighted by molar-refractivity contribution is 7.99. The molecule has 11 nitrogen and oxygen atoms in total. The van der Waals surface area contributed by atoms with Crippen LogP contribution in [0.4, 0.5) is 0 Å². The molecule has 1 unspecified atom stereocenters. The molecule has 1 aromatic carbocycles. The van der Waals surface area contributed by atoms with Crippen LogP contribution in [0.25, 0.3) is 22.0 Å². The Morgan fingerprint density at radius 3 is 2.71 bits per heavy atom. The van der Waals surface area contributed by atoms with E-state index in [1.165, 1.54) is 30.5 Å². The number of aryl methyl sites for hydroxylation is 3. The molecule has 0 aliphatic rings. The van der Waals surface area contributed by atoms with Gasteiger partial charge in [0.2, 0.25) is 0 Å². The van der Waals surface area contributed by atoms with Gasteiger partial charge in [-0.05, 0) is 30.5 Å². The van der Waals surface area contributed by atoms with E-state index in [-0.39, 0.29) is 19.2 Å². The number of thioether (sulfide) groups is 1. The lowest BCUT2D eigenvalue weighted by Crippen LogP contribution is -2.12. The molecule has 2 aromatic heterocycles. The number of carbonyl (C=O) groups is 1. The number of hydrogen-bond donors (Lipinski definition) is 4. The first kappa shape index (κ1) is 32.2. The highest BCUT2D eigenvalue weighted by Gasteiger charge is 2.28. The SMILES string of the molecule is CN/C(=C\C(=N)CSCc1nn(C)c(C#N)c1-c1c(Cl)ccc2c(CCCOC(C)=O)c(C(O)OC)n(C)c12)CO. The number of methoxy groups -OCH3 is 1. The second-order valence-corrected chi connectivity index (χ2v) is 10.7. The lowest BCUT2D eigenvalue weighted by atomic mass is 9.98. The lowest BCUT2D eigenvalue weighted by Gasteiger charge is -2.14. The summed E-state index contributed by atoms with van der Waals surface area (Å²) in [5.41, 5.74) is 5.08. The van der Waals surface area contributed by atoms with Crippen LogP contribution in [-0.2, 0) is 40.5 Å². The van der Waals surface area contributed by atoms with E-state index in [9.17, 15) is 20.3 Å². The van der Waals surface area contributed by atoms with Gasteiger partial charge < -0.3 is 35.0 Å². The normalized spacial score (nSPS) is 12.4. The summed E-state index contributed by atoms with van der Waals surface area (Å²) in [6, 6.07) is 5.89. The molecule has 0 aliphatic carbocycles. The number of carbonyl (C=O) groups excluding carboxylic acids is 1. The van der Waals surface area contributed by atoms with Gasteiger partial charge in [0.1, 0.15) is 11.8 Å². The van der Waals surface area contributed by atoms with Crippen LogP contribution in [0.3, 0.4) is 0 Å². The average Bonchev–Trinajstić information content (AvgIpc) is 3.41. The summed E-state index contributed by atoms with van der Waals surface area (Å²) in [5.74, 6) is 0.402. The van der Waals surface area contributed by atoms with E-state index < -0.39 is 6.29 Å². The fraction of sp³-hybridized carbons (Fsp3) is 0.429. The molecule has 220 valence electrons. The Morgan fingerprint density at radius 1 is 1.37 bits per heavy atom. The van der Waals surface area contributed by atoms with Crippen molar-refractivity contribution in [1.82, 2.24) is 19.7 Å². The molecule has 3 aromatic rings. The first-order chi connectivity index (χ1) is 19.6. The van der Waals surface area contributed by atoms with Crippen LogP contribution >= 0.6 is 23.4 Å². The van der Waals surface area contributed by atoms with Gasteiger partial charge >= 0.3 is 5.97 Å². The summed E-state index contributed by atoms with van der Waals surface area (Å²) in [6.45, 7) is 1.40. The van der Waals surface area contributed by atoms with Crippen LogP contribution in [0.15, 0.2) is 23.9 Å². The standard InChI is InChI=1S/C28H35ClN6O5S/c1-16(37)40-10-6-7-19-20-8-9-21(29)24(26(20)34(3)27(19)28(38)39-5)25-22(33-35(4)23(25)12-30)15-41-14-17(31)11-18(13-36)32-2/h8-9,11,28,31-32,36,38H,6-7,10,13-15H2,1-5H3/b18-11-,31-17?. The lowest BCUT2D eigenvalue weighted by molar-refractivity contribution is -0.141. The number of benzene rings is 1. The molecule has 1 atom stereocenters. The Balaban J connectivity index is 2.13. The highest BCUT2D eigenvalue weighted by Crippen LogP contribution is 2.43. The van der Waals surface area contributed by atoms with Crippen LogP contribution in [0.1, 0.15) is 42.3 Å². The van der Waals surface area contributed by atoms with Gasteiger partial charge in [-0.3, -0.25) is 9.48 Å². The predicted molar refractivity (Wildman–Crippen MR) is 160 cm³/mol. The number of rotatable bonds is 14. The van der Waals surface area contributed by atoms with Gasteiger partial charge in [0.25, 0.3) is 0 Å². The van der Waals surface area contributed by atoms with Gasteiger partial charge in [0.05, 0.1) is 35.1 Å². The van der Waals surface area contributed by atoms with E-state index in [4.69, 9.17) is 26.5 Å². The van der Waals surface area contributed by atoms with Gasteiger partial charge in [-0.1, -0.05) is 17.7 Å². The molecule has 0 aliphatic heterocycles. The quantitative estimate of drug-likeness (QED) is 0.0936. The second-order valence-electron chi connectivity index (χ2n) is 9.27. The zero-order chi connectivity index (χ0) is 30.3. The van der Waals surface area contributed by atoms with Gasteiger partial charge in [-0.25, -0.2) is 0 Å². The zero-order valence-corrected chi connectivity index (χ0v) is 25.3. The van der Waals surface area contributed by atoms with E-state index in [0.29, 0.717) is 74.5 Å². The Kier molecular flexibility index (Phi) is 11.4. The first-order valence-corrected chi connectivity index (χ1v) is 14.4. The van der Waals surface area contributed by atoms with Crippen molar-refractivity contribution >= 4 is 45.9 Å². The number of fused-ring (bicyclic) bond motifs is 1. The van der Waals surface area contributed by atoms with Gasteiger partial charge in [0, 0.05) is 74.6 Å². The topological polar surface area (TPSA) is 158 Å². The number of halogens is 1. The number of nitriles is 1. The van der Waals surface area contributed by atoms with Crippen LogP contribution in [0.2, 0.25) is 5.02 Å². The fourth-order valence-electron chi connectivity index (χ4n) is 4.79.